The first-order chi connectivity index (χ1) is 6.07. The molecule has 0 fully saturated rings. The maximum atomic E-state index is 10.8. The molecule has 13 heavy (non-hydrogen) atoms. The van der Waals surface area contributed by atoms with Crippen LogP contribution >= 0.6 is 11.6 Å². The van der Waals surface area contributed by atoms with Crippen LogP contribution in [0.2, 0.25) is 5.02 Å². The summed E-state index contributed by atoms with van der Waals surface area (Å²) in [7, 11) is 0. The SMILES string of the molecule is CCNc1nn(C(N)=O)c(C)c1Cl. The zero-order chi connectivity index (χ0) is 10.0. The van der Waals surface area contributed by atoms with E-state index in [9.17, 15) is 4.79 Å². The van der Waals surface area contributed by atoms with Crippen LogP contribution in [-0.4, -0.2) is 22.4 Å². The van der Waals surface area contributed by atoms with E-state index in [-0.39, 0.29) is 0 Å². The summed E-state index contributed by atoms with van der Waals surface area (Å²) in [6, 6.07) is -0.636. The van der Waals surface area contributed by atoms with Crippen molar-refractivity contribution in [3.8, 4) is 0 Å². The van der Waals surface area contributed by atoms with Crippen LogP contribution in [0.25, 0.3) is 0 Å². The number of hydrogen-bond donors (Lipinski definition) is 2. The molecule has 0 aromatic carbocycles. The minimum Gasteiger partial charge on any atom is -0.368 e. The first-order valence-electron chi connectivity index (χ1n) is 3.86. The van der Waals surface area contributed by atoms with Gasteiger partial charge in [-0.25, -0.2) is 4.79 Å². The molecule has 0 bridgehead atoms. The van der Waals surface area contributed by atoms with Crippen LogP contribution in [-0.2, 0) is 0 Å². The summed E-state index contributed by atoms with van der Waals surface area (Å²) in [5.41, 5.74) is 5.61. The zero-order valence-electron chi connectivity index (χ0n) is 7.47. The van der Waals surface area contributed by atoms with Crippen molar-refractivity contribution in [1.29, 1.82) is 0 Å². The van der Waals surface area contributed by atoms with Gasteiger partial charge in [-0.3, -0.25) is 0 Å². The molecule has 1 rings (SSSR count). The zero-order valence-corrected chi connectivity index (χ0v) is 8.22. The molecule has 3 N–H and O–H groups in total. The molecule has 0 aliphatic heterocycles. The lowest BCUT2D eigenvalue weighted by Crippen LogP contribution is -2.22. The van der Waals surface area contributed by atoms with Gasteiger partial charge in [0.1, 0.15) is 5.02 Å². The van der Waals surface area contributed by atoms with E-state index in [2.05, 4.69) is 10.4 Å². The molecule has 0 saturated heterocycles. The van der Waals surface area contributed by atoms with Crippen molar-refractivity contribution in [3.63, 3.8) is 0 Å². The Morgan fingerprint density at radius 2 is 2.38 bits per heavy atom. The number of nitrogens with one attached hydrogen (secondary N) is 1. The summed E-state index contributed by atoms with van der Waals surface area (Å²) in [6.45, 7) is 4.28. The number of carbonyl (C=O) groups excluding carboxylic acids is 1. The van der Waals surface area contributed by atoms with Gasteiger partial charge in [0.25, 0.3) is 0 Å². The first-order valence-corrected chi connectivity index (χ1v) is 4.24. The highest BCUT2D eigenvalue weighted by Crippen LogP contribution is 2.23. The molecule has 0 radical (unpaired) electrons. The van der Waals surface area contributed by atoms with Crippen LogP contribution < -0.4 is 11.1 Å². The summed E-state index contributed by atoms with van der Waals surface area (Å²) in [6.07, 6.45) is 0. The fourth-order valence-electron chi connectivity index (χ4n) is 0.978. The van der Waals surface area contributed by atoms with E-state index in [0.717, 1.165) is 4.68 Å². The Kier molecular flexibility index (Phi) is 2.77. The average Bonchev–Trinajstić information content (AvgIpc) is 2.33. The van der Waals surface area contributed by atoms with Gasteiger partial charge in [0.2, 0.25) is 0 Å². The van der Waals surface area contributed by atoms with Gasteiger partial charge in [0.15, 0.2) is 5.82 Å². The minimum atomic E-state index is -0.636. The molecule has 1 aromatic heterocycles. The number of nitrogens with zero attached hydrogens (tertiary/aromatic N) is 2. The molecule has 0 unspecified atom stereocenters. The molecule has 1 heterocycles. The van der Waals surface area contributed by atoms with Gasteiger partial charge in [-0.1, -0.05) is 11.6 Å². The Labute approximate surface area is 80.9 Å². The van der Waals surface area contributed by atoms with Gasteiger partial charge < -0.3 is 11.1 Å². The lowest BCUT2D eigenvalue weighted by Gasteiger charge is -1.95. The standard InChI is InChI=1S/C7H11ClN4O/c1-3-10-6-5(8)4(2)12(11-6)7(9)13/h3H2,1-2H3,(H2,9,13)(H,10,11). The molecule has 1 aromatic rings. The number of rotatable bonds is 2. The molecule has 0 atom stereocenters. The van der Waals surface area contributed by atoms with E-state index in [0.29, 0.717) is 23.1 Å². The lowest BCUT2D eigenvalue weighted by atomic mass is 10.4. The molecule has 5 nitrogen and oxygen atoms in total. The second kappa shape index (κ2) is 3.66. The highest BCUT2D eigenvalue weighted by molar-refractivity contribution is 6.33. The summed E-state index contributed by atoms with van der Waals surface area (Å²) >= 11 is 5.88. The summed E-state index contributed by atoms with van der Waals surface area (Å²) in [5.74, 6) is 0.487. The van der Waals surface area contributed by atoms with Crippen molar-refractivity contribution >= 4 is 23.4 Å². The van der Waals surface area contributed by atoms with Crippen LogP contribution in [0.3, 0.4) is 0 Å². The summed E-state index contributed by atoms with van der Waals surface area (Å²) in [4.78, 5) is 10.8. The van der Waals surface area contributed by atoms with Crippen molar-refractivity contribution in [2.45, 2.75) is 13.8 Å². The Bertz CT molecular complexity index is 333. The molecular formula is C7H11ClN4O. The second-order valence-electron chi connectivity index (χ2n) is 2.53. The first kappa shape index (κ1) is 9.85. The topological polar surface area (TPSA) is 72.9 Å². The second-order valence-corrected chi connectivity index (χ2v) is 2.91. The number of halogens is 1. The minimum absolute atomic E-state index is 0.431. The van der Waals surface area contributed by atoms with Crippen molar-refractivity contribution in [3.05, 3.63) is 10.7 Å². The predicted octanol–water partition coefficient (Wildman–Crippen LogP) is 1.20. The average molecular weight is 203 g/mol. The Morgan fingerprint density at radius 1 is 1.77 bits per heavy atom. The van der Waals surface area contributed by atoms with Crippen molar-refractivity contribution in [2.75, 3.05) is 11.9 Å². The quantitative estimate of drug-likeness (QED) is 0.757. The van der Waals surface area contributed by atoms with E-state index in [1.807, 2.05) is 6.92 Å². The number of nitrogens with two attached hydrogens (primary N) is 1. The van der Waals surface area contributed by atoms with Crippen molar-refractivity contribution in [1.82, 2.24) is 9.78 Å². The van der Waals surface area contributed by atoms with Gasteiger partial charge in [-0.2, -0.15) is 4.68 Å². The Morgan fingerprint density at radius 3 is 2.77 bits per heavy atom. The van der Waals surface area contributed by atoms with E-state index in [1.165, 1.54) is 0 Å². The number of carbonyl (C=O) groups is 1. The van der Waals surface area contributed by atoms with Crippen LogP contribution in [0.1, 0.15) is 12.6 Å². The van der Waals surface area contributed by atoms with Crippen LogP contribution in [0.5, 0.6) is 0 Å². The summed E-state index contributed by atoms with van der Waals surface area (Å²) in [5, 5.41) is 7.25. The van der Waals surface area contributed by atoms with E-state index >= 15 is 0 Å². The number of anilines is 1. The molecular weight excluding hydrogens is 192 g/mol. The van der Waals surface area contributed by atoms with Gasteiger partial charge in [0, 0.05) is 6.54 Å². The third-order valence-corrected chi connectivity index (χ3v) is 2.05. The van der Waals surface area contributed by atoms with E-state index in [4.69, 9.17) is 17.3 Å². The van der Waals surface area contributed by atoms with Gasteiger partial charge in [-0.15, -0.1) is 5.10 Å². The van der Waals surface area contributed by atoms with Crippen LogP contribution in [0, 0.1) is 6.92 Å². The molecule has 0 aliphatic rings. The number of primary amides is 1. The maximum absolute atomic E-state index is 10.8. The molecule has 1 amide bonds. The molecule has 0 saturated carbocycles. The fraction of sp³-hybridized carbons (Fsp3) is 0.429. The lowest BCUT2D eigenvalue weighted by molar-refractivity contribution is 0.247. The largest absolute Gasteiger partial charge is 0.368 e. The Hall–Kier alpha value is -1.23. The third kappa shape index (κ3) is 1.75. The van der Waals surface area contributed by atoms with Crippen LogP contribution in [0.4, 0.5) is 10.6 Å². The van der Waals surface area contributed by atoms with Gasteiger partial charge in [0.05, 0.1) is 5.69 Å². The highest BCUT2D eigenvalue weighted by atomic mass is 35.5. The van der Waals surface area contributed by atoms with Crippen molar-refractivity contribution in [2.24, 2.45) is 5.73 Å². The maximum Gasteiger partial charge on any atom is 0.339 e. The smallest absolute Gasteiger partial charge is 0.339 e. The highest BCUT2D eigenvalue weighted by Gasteiger charge is 2.14. The summed E-state index contributed by atoms with van der Waals surface area (Å²) < 4.78 is 1.07. The number of aromatic nitrogens is 2. The Balaban J connectivity index is 3.12. The predicted molar refractivity (Wildman–Crippen MR) is 51.1 cm³/mol. The molecule has 0 spiro atoms. The van der Waals surface area contributed by atoms with E-state index in [1.54, 1.807) is 6.92 Å². The monoisotopic (exact) mass is 202 g/mol. The van der Waals surface area contributed by atoms with Crippen LogP contribution in [0.15, 0.2) is 0 Å². The fourth-order valence-corrected chi connectivity index (χ4v) is 1.16. The third-order valence-electron chi connectivity index (χ3n) is 1.60. The van der Waals surface area contributed by atoms with E-state index < -0.39 is 6.03 Å². The van der Waals surface area contributed by atoms with Gasteiger partial charge >= 0.3 is 6.03 Å². The normalized spacial score (nSPS) is 10.1. The van der Waals surface area contributed by atoms with Gasteiger partial charge in [-0.05, 0) is 13.8 Å². The van der Waals surface area contributed by atoms with Crippen molar-refractivity contribution < 1.29 is 4.79 Å². The molecule has 72 valence electrons. The number of amides is 1. The number of hydrogen-bond acceptors (Lipinski definition) is 3. The molecule has 0 aliphatic carbocycles. The molecule has 6 heteroatoms.